The van der Waals surface area contributed by atoms with Crippen LogP contribution in [-0.4, -0.2) is 13.7 Å². The molecule has 1 atom stereocenters. The number of rotatable bonds is 5. The molecule has 0 bridgehead atoms. The van der Waals surface area contributed by atoms with Crippen molar-refractivity contribution in [1.29, 1.82) is 0 Å². The summed E-state index contributed by atoms with van der Waals surface area (Å²) in [5.41, 5.74) is 3.90. The second kappa shape index (κ2) is 6.39. The van der Waals surface area contributed by atoms with Crippen molar-refractivity contribution in [3.63, 3.8) is 0 Å². The summed E-state index contributed by atoms with van der Waals surface area (Å²) in [4.78, 5) is 0. The molecule has 0 saturated carbocycles. The zero-order valence-electron chi connectivity index (χ0n) is 11.8. The number of methoxy groups -OCH3 is 1. The molecule has 1 unspecified atom stereocenters. The molecule has 0 aliphatic heterocycles. The van der Waals surface area contributed by atoms with E-state index in [9.17, 15) is 0 Å². The summed E-state index contributed by atoms with van der Waals surface area (Å²) < 4.78 is 5.22. The third kappa shape index (κ3) is 3.15. The van der Waals surface area contributed by atoms with Crippen molar-refractivity contribution in [2.45, 2.75) is 19.9 Å². The van der Waals surface area contributed by atoms with Gasteiger partial charge in [-0.05, 0) is 42.3 Å². The number of benzene rings is 2. The number of ether oxygens (including phenoxy) is 1. The van der Waals surface area contributed by atoms with Crippen molar-refractivity contribution >= 4 is 0 Å². The van der Waals surface area contributed by atoms with Crippen LogP contribution in [0.25, 0.3) is 0 Å². The lowest BCUT2D eigenvalue weighted by atomic mass is 9.95. The first-order valence-electron chi connectivity index (χ1n) is 6.69. The maximum Gasteiger partial charge on any atom is 0.118 e. The van der Waals surface area contributed by atoms with Crippen LogP contribution in [0.1, 0.15) is 29.7 Å². The van der Waals surface area contributed by atoms with Crippen molar-refractivity contribution in [2.24, 2.45) is 0 Å². The average molecular weight is 255 g/mol. The van der Waals surface area contributed by atoms with Crippen LogP contribution >= 0.6 is 0 Å². The highest BCUT2D eigenvalue weighted by atomic mass is 16.5. The molecule has 2 rings (SSSR count). The Bertz CT molecular complexity index is 519. The van der Waals surface area contributed by atoms with Crippen molar-refractivity contribution in [3.05, 3.63) is 65.2 Å². The van der Waals surface area contributed by atoms with E-state index in [1.165, 1.54) is 16.7 Å². The molecule has 0 amide bonds. The molecule has 2 heteroatoms. The Kier molecular flexibility index (Phi) is 4.58. The Hall–Kier alpha value is -1.80. The molecule has 0 aliphatic carbocycles. The smallest absolute Gasteiger partial charge is 0.118 e. The van der Waals surface area contributed by atoms with Crippen LogP contribution in [-0.2, 0) is 0 Å². The van der Waals surface area contributed by atoms with Crippen molar-refractivity contribution in [1.82, 2.24) is 5.32 Å². The molecule has 0 fully saturated rings. The number of hydrogen-bond donors (Lipinski definition) is 1. The third-order valence-corrected chi connectivity index (χ3v) is 3.36. The van der Waals surface area contributed by atoms with E-state index in [1.807, 2.05) is 12.1 Å². The number of nitrogens with one attached hydrogen (secondary N) is 1. The van der Waals surface area contributed by atoms with Crippen LogP contribution in [0.15, 0.2) is 48.5 Å². The fourth-order valence-electron chi connectivity index (χ4n) is 2.32. The van der Waals surface area contributed by atoms with Crippen LogP contribution in [0, 0.1) is 6.92 Å². The third-order valence-electron chi connectivity index (χ3n) is 3.36. The minimum Gasteiger partial charge on any atom is -0.497 e. The van der Waals surface area contributed by atoms with E-state index in [0.717, 1.165) is 12.3 Å². The van der Waals surface area contributed by atoms with Crippen LogP contribution < -0.4 is 10.1 Å². The molecule has 100 valence electrons. The van der Waals surface area contributed by atoms with E-state index in [0.29, 0.717) is 0 Å². The normalized spacial score (nSPS) is 12.2. The van der Waals surface area contributed by atoms with E-state index in [4.69, 9.17) is 4.74 Å². The van der Waals surface area contributed by atoms with Crippen LogP contribution in [0.4, 0.5) is 0 Å². The minimum atomic E-state index is 0.233. The van der Waals surface area contributed by atoms with Gasteiger partial charge in [-0.3, -0.25) is 0 Å². The topological polar surface area (TPSA) is 21.3 Å². The monoisotopic (exact) mass is 255 g/mol. The molecular weight excluding hydrogens is 234 g/mol. The van der Waals surface area contributed by atoms with Gasteiger partial charge < -0.3 is 10.1 Å². The first-order valence-corrected chi connectivity index (χ1v) is 6.69. The van der Waals surface area contributed by atoms with E-state index < -0.39 is 0 Å². The molecule has 0 spiro atoms. The van der Waals surface area contributed by atoms with Gasteiger partial charge in [-0.15, -0.1) is 0 Å². The van der Waals surface area contributed by atoms with E-state index in [2.05, 4.69) is 55.6 Å². The highest BCUT2D eigenvalue weighted by molar-refractivity contribution is 5.38. The summed E-state index contributed by atoms with van der Waals surface area (Å²) in [6.45, 7) is 5.23. The molecule has 0 radical (unpaired) electrons. The van der Waals surface area contributed by atoms with Gasteiger partial charge in [0.2, 0.25) is 0 Å². The summed E-state index contributed by atoms with van der Waals surface area (Å²) in [6.07, 6.45) is 0. The summed E-state index contributed by atoms with van der Waals surface area (Å²) >= 11 is 0. The zero-order valence-corrected chi connectivity index (χ0v) is 11.8. The molecule has 2 aromatic rings. The Morgan fingerprint density at radius 2 is 1.74 bits per heavy atom. The zero-order chi connectivity index (χ0) is 13.7. The summed E-state index contributed by atoms with van der Waals surface area (Å²) in [6, 6.07) is 17.0. The fraction of sp³-hybridized carbons (Fsp3) is 0.294. The standard InChI is InChI=1S/C17H21NO/c1-4-18-17(16-8-6-5-7-13(16)2)14-9-11-15(19-3)12-10-14/h5-12,17-18H,4H2,1-3H3. The van der Waals surface area contributed by atoms with Crippen molar-refractivity contribution < 1.29 is 4.74 Å². The SMILES string of the molecule is CCNC(c1ccc(OC)cc1)c1ccccc1C. The molecule has 0 saturated heterocycles. The molecule has 0 aliphatic rings. The molecule has 0 heterocycles. The summed E-state index contributed by atoms with van der Waals surface area (Å²) in [5, 5.41) is 3.55. The van der Waals surface area contributed by atoms with E-state index in [-0.39, 0.29) is 6.04 Å². The number of hydrogen-bond acceptors (Lipinski definition) is 2. The predicted octanol–water partition coefficient (Wildman–Crippen LogP) is 3.70. The Labute approximate surface area is 115 Å². The van der Waals surface area contributed by atoms with Crippen LogP contribution in [0.5, 0.6) is 5.75 Å². The molecular formula is C17H21NO. The van der Waals surface area contributed by atoms with Gasteiger partial charge in [-0.2, -0.15) is 0 Å². The summed E-state index contributed by atoms with van der Waals surface area (Å²) in [7, 11) is 1.69. The Balaban J connectivity index is 2.36. The lowest BCUT2D eigenvalue weighted by molar-refractivity contribution is 0.414. The van der Waals surface area contributed by atoms with Crippen LogP contribution in [0.2, 0.25) is 0 Å². The molecule has 0 aromatic heterocycles. The minimum absolute atomic E-state index is 0.233. The molecule has 19 heavy (non-hydrogen) atoms. The Morgan fingerprint density at radius 1 is 1.05 bits per heavy atom. The molecule has 2 aromatic carbocycles. The van der Waals surface area contributed by atoms with Gasteiger partial charge in [0, 0.05) is 0 Å². The largest absolute Gasteiger partial charge is 0.497 e. The van der Waals surface area contributed by atoms with Gasteiger partial charge >= 0.3 is 0 Å². The predicted molar refractivity (Wildman–Crippen MR) is 79.7 cm³/mol. The van der Waals surface area contributed by atoms with Crippen molar-refractivity contribution in [3.8, 4) is 5.75 Å². The van der Waals surface area contributed by atoms with Crippen LogP contribution in [0.3, 0.4) is 0 Å². The number of aryl methyl sites for hydroxylation is 1. The second-order valence-corrected chi connectivity index (χ2v) is 4.62. The molecule has 2 nitrogen and oxygen atoms in total. The maximum atomic E-state index is 5.22. The van der Waals surface area contributed by atoms with Gasteiger partial charge in [-0.25, -0.2) is 0 Å². The summed E-state index contributed by atoms with van der Waals surface area (Å²) in [5.74, 6) is 0.892. The van der Waals surface area contributed by atoms with Gasteiger partial charge in [-0.1, -0.05) is 43.3 Å². The Morgan fingerprint density at radius 3 is 2.32 bits per heavy atom. The first kappa shape index (κ1) is 13.6. The van der Waals surface area contributed by atoms with Gasteiger partial charge in [0.15, 0.2) is 0 Å². The van der Waals surface area contributed by atoms with Gasteiger partial charge in [0.05, 0.1) is 13.2 Å². The van der Waals surface area contributed by atoms with E-state index >= 15 is 0 Å². The average Bonchev–Trinajstić information content (AvgIpc) is 2.46. The lowest BCUT2D eigenvalue weighted by Gasteiger charge is -2.21. The first-order chi connectivity index (χ1) is 9.26. The second-order valence-electron chi connectivity index (χ2n) is 4.62. The highest BCUT2D eigenvalue weighted by Gasteiger charge is 2.14. The van der Waals surface area contributed by atoms with Crippen molar-refractivity contribution in [2.75, 3.05) is 13.7 Å². The molecule has 1 N–H and O–H groups in total. The van der Waals surface area contributed by atoms with E-state index in [1.54, 1.807) is 7.11 Å². The maximum absolute atomic E-state index is 5.22. The van der Waals surface area contributed by atoms with Gasteiger partial charge in [0.1, 0.15) is 5.75 Å². The highest BCUT2D eigenvalue weighted by Crippen LogP contribution is 2.26. The van der Waals surface area contributed by atoms with Gasteiger partial charge in [0.25, 0.3) is 0 Å². The quantitative estimate of drug-likeness (QED) is 0.879. The fourth-order valence-corrected chi connectivity index (χ4v) is 2.32. The lowest BCUT2D eigenvalue weighted by Crippen LogP contribution is -2.22.